The second-order valence-corrected chi connectivity index (χ2v) is 7.61. The molecule has 0 bridgehead atoms. The number of piperidine rings is 1. The summed E-state index contributed by atoms with van der Waals surface area (Å²) in [5.41, 5.74) is -0.493. The highest BCUT2D eigenvalue weighted by Gasteiger charge is 2.49. The van der Waals surface area contributed by atoms with Gasteiger partial charge in [-0.25, -0.2) is 4.79 Å². The van der Waals surface area contributed by atoms with Crippen LogP contribution in [0, 0.1) is 0 Å². The van der Waals surface area contributed by atoms with Gasteiger partial charge in [-0.2, -0.15) is 0 Å². The smallest absolute Gasteiger partial charge is 0.410 e. The van der Waals surface area contributed by atoms with E-state index in [0.29, 0.717) is 45.6 Å². The summed E-state index contributed by atoms with van der Waals surface area (Å²) in [5.74, 6) is -0.785. The van der Waals surface area contributed by atoms with Gasteiger partial charge >= 0.3 is 17.9 Å². The number of hydrogen-bond donors (Lipinski definition) is 0. The third-order valence-corrected chi connectivity index (χ3v) is 5.77. The summed E-state index contributed by atoms with van der Waals surface area (Å²) >= 11 is 0. The number of ether oxygens (including phenoxy) is 1. The van der Waals surface area contributed by atoms with Gasteiger partial charge in [-0.15, -0.1) is 0 Å². The summed E-state index contributed by atoms with van der Waals surface area (Å²) in [6.45, 7) is 7.07. The van der Waals surface area contributed by atoms with Gasteiger partial charge in [0, 0.05) is 45.1 Å². The fourth-order valence-electron chi connectivity index (χ4n) is 4.13. The lowest BCUT2D eigenvalue weighted by molar-refractivity contribution is -0.153. The molecule has 3 fully saturated rings. The molecular weight excluding hydrogens is 322 g/mol. The molecule has 3 aliphatic rings. The van der Waals surface area contributed by atoms with E-state index in [2.05, 4.69) is 13.8 Å². The summed E-state index contributed by atoms with van der Waals surface area (Å²) in [6, 6.07) is 0.174. The van der Waals surface area contributed by atoms with Crippen LogP contribution in [0.4, 0.5) is 4.79 Å². The Balaban J connectivity index is 1.55. The largest absolute Gasteiger partial charge is 0.441 e. The van der Waals surface area contributed by atoms with Crippen LogP contribution in [0.2, 0.25) is 0 Å². The van der Waals surface area contributed by atoms with Gasteiger partial charge < -0.3 is 19.4 Å². The van der Waals surface area contributed by atoms with Crippen molar-refractivity contribution in [1.29, 1.82) is 0 Å². The Bertz CT molecular complexity index is 536. The Morgan fingerprint density at radius 2 is 1.64 bits per heavy atom. The van der Waals surface area contributed by atoms with Crippen LogP contribution in [0.3, 0.4) is 0 Å². The van der Waals surface area contributed by atoms with Gasteiger partial charge in [0.1, 0.15) is 5.60 Å². The number of carbonyl (C=O) groups excluding carboxylic acids is 3. The molecule has 7 heteroatoms. The summed E-state index contributed by atoms with van der Waals surface area (Å²) in [4.78, 5) is 42.0. The van der Waals surface area contributed by atoms with Crippen molar-refractivity contribution in [3.8, 4) is 0 Å². The van der Waals surface area contributed by atoms with Gasteiger partial charge in [-0.05, 0) is 26.2 Å². The molecule has 1 atom stereocenters. The van der Waals surface area contributed by atoms with Crippen LogP contribution in [0.25, 0.3) is 0 Å². The predicted molar refractivity (Wildman–Crippen MR) is 91.9 cm³/mol. The van der Waals surface area contributed by atoms with Gasteiger partial charge in [0.15, 0.2) is 0 Å². The van der Waals surface area contributed by atoms with Gasteiger partial charge in [0.2, 0.25) is 0 Å². The lowest BCUT2D eigenvalue weighted by atomic mass is 9.91. The number of amides is 3. The monoisotopic (exact) mass is 351 g/mol. The molecule has 7 nitrogen and oxygen atoms in total. The Kier molecular flexibility index (Phi) is 5.20. The maximum absolute atomic E-state index is 12.4. The first-order valence-electron chi connectivity index (χ1n) is 9.53. The topological polar surface area (TPSA) is 70.2 Å². The van der Waals surface area contributed by atoms with Crippen molar-refractivity contribution in [1.82, 2.24) is 14.7 Å². The van der Waals surface area contributed by atoms with Crippen LogP contribution in [0.15, 0.2) is 0 Å². The van der Waals surface area contributed by atoms with Crippen molar-refractivity contribution in [3.63, 3.8) is 0 Å². The first-order chi connectivity index (χ1) is 12.0. The molecule has 25 heavy (non-hydrogen) atoms. The van der Waals surface area contributed by atoms with E-state index in [1.807, 2.05) is 4.90 Å². The predicted octanol–water partition coefficient (Wildman–Crippen LogP) is 1.61. The summed E-state index contributed by atoms with van der Waals surface area (Å²) < 4.78 is 5.71. The summed E-state index contributed by atoms with van der Waals surface area (Å²) in [5, 5.41) is 0. The van der Waals surface area contributed by atoms with Crippen LogP contribution < -0.4 is 0 Å². The van der Waals surface area contributed by atoms with Crippen molar-refractivity contribution in [2.24, 2.45) is 0 Å². The molecule has 1 unspecified atom stereocenters. The van der Waals surface area contributed by atoms with E-state index in [9.17, 15) is 14.4 Å². The maximum Gasteiger partial charge on any atom is 0.410 e. The van der Waals surface area contributed by atoms with Crippen LogP contribution in [-0.4, -0.2) is 77.0 Å². The van der Waals surface area contributed by atoms with E-state index >= 15 is 0 Å². The molecule has 0 aromatic heterocycles. The van der Waals surface area contributed by atoms with E-state index in [1.165, 1.54) is 0 Å². The molecule has 0 aromatic carbocycles. The molecule has 3 rings (SSSR count). The number of carbonyl (C=O) groups is 3. The Labute approximate surface area is 149 Å². The molecule has 3 amide bonds. The molecule has 0 aliphatic carbocycles. The first-order valence-corrected chi connectivity index (χ1v) is 9.53. The lowest BCUT2D eigenvalue weighted by Gasteiger charge is -2.37. The van der Waals surface area contributed by atoms with Crippen molar-refractivity contribution in [3.05, 3.63) is 0 Å². The molecule has 1 spiro atoms. The SMILES string of the molecule is CCCC(C)N1CC2(CCN(C(=O)C(=O)N3CCCC3)CC2)OC1=O. The van der Waals surface area contributed by atoms with Crippen LogP contribution in [-0.2, 0) is 14.3 Å². The van der Waals surface area contributed by atoms with Crippen LogP contribution in [0.5, 0.6) is 0 Å². The van der Waals surface area contributed by atoms with E-state index < -0.39 is 11.5 Å². The number of nitrogens with zero attached hydrogens (tertiary/aromatic N) is 3. The Hall–Kier alpha value is -1.79. The highest BCUT2D eigenvalue weighted by molar-refractivity contribution is 6.34. The van der Waals surface area contributed by atoms with Crippen LogP contribution >= 0.6 is 0 Å². The Morgan fingerprint density at radius 1 is 1.08 bits per heavy atom. The molecule has 0 aromatic rings. The zero-order valence-electron chi connectivity index (χ0n) is 15.3. The van der Waals surface area contributed by atoms with Gasteiger partial charge in [0.25, 0.3) is 0 Å². The van der Waals surface area contributed by atoms with Crippen molar-refractivity contribution in [2.75, 3.05) is 32.7 Å². The van der Waals surface area contributed by atoms with Gasteiger partial charge in [-0.3, -0.25) is 9.59 Å². The molecule has 0 radical (unpaired) electrons. The standard InChI is InChI=1S/C18H29N3O4/c1-3-6-14(2)21-13-18(25-17(21)24)7-11-20(12-8-18)16(23)15(22)19-9-4-5-10-19/h14H,3-13H2,1-2H3. The second kappa shape index (κ2) is 7.22. The average Bonchev–Trinajstić information content (AvgIpc) is 3.23. The van der Waals surface area contributed by atoms with E-state index in [1.54, 1.807) is 9.80 Å². The number of likely N-dealkylation sites (tertiary alicyclic amines) is 2. The van der Waals surface area contributed by atoms with Crippen molar-refractivity contribution < 1.29 is 19.1 Å². The average molecular weight is 351 g/mol. The molecule has 3 saturated heterocycles. The Morgan fingerprint density at radius 3 is 2.20 bits per heavy atom. The van der Waals surface area contributed by atoms with E-state index in [-0.39, 0.29) is 18.0 Å². The summed E-state index contributed by atoms with van der Waals surface area (Å²) in [6.07, 6.45) is 4.90. The quantitative estimate of drug-likeness (QED) is 0.725. The molecule has 0 saturated carbocycles. The highest BCUT2D eigenvalue weighted by atomic mass is 16.6. The number of hydrogen-bond acceptors (Lipinski definition) is 4. The minimum absolute atomic E-state index is 0.174. The molecule has 0 N–H and O–H groups in total. The zero-order chi connectivity index (χ0) is 18.0. The van der Waals surface area contributed by atoms with Crippen molar-refractivity contribution in [2.45, 2.75) is 64.0 Å². The fourth-order valence-corrected chi connectivity index (χ4v) is 4.13. The molecular formula is C18H29N3O4. The minimum Gasteiger partial charge on any atom is -0.441 e. The molecule has 140 valence electrons. The summed E-state index contributed by atoms with van der Waals surface area (Å²) in [7, 11) is 0. The van der Waals surface area contributed by atoms with Crippen LogP contribution in [0.1, 0.15) is 52.4 Å². The second-order valence-electron chi connectivity index (χ2n) is 7.61. The molecule has 3 heterocycles. The van der Waals surface area contributed by atoms with Gasteiger partial charge in [-0.1, -0.05) is 13.3 Å². The maximum atomic E-state index is 12.4. The van der Waals surface area contributed by atoms with Crippen molar-refractivity contribution >= 4 is 17.9 Å². The third kappa shape index (κ3) is 3.60. The fraction of sp³-hybridized carbons (Fsp3) is 0.833. The lowest BCUT2D eigenvalue weighted by Crippen LogP contribution is -2.52. The third-order valence-electron chi connectivity index (χ3n) is 5.77. The highest BCUT2D eigenvalue weighted by Crippen LogP contribution is 2.34. The van der Waals surface area contributed by atoms with E-state index in [4.69, 9.17) is 4.74 Å². The first kappa shape index (κ1) is 18.0. The number of rotatable bonds is 3. The minimum atomic E-state index is -0.493. The zero-order valence-corrected chi connectivity index (χ0v) is 15.3. The normalized spacial score (nSPS) is 23.9. The van der Waals surface area contributed by atoms with Gasteiger partial charge in [0.05, 0.1) is 6.54 Å². The molecule has 3 aliphatic heterocycles. The van der Waals surface area contributed by atoms with E-state index in [0.717, 1.165) is 25.7 Å².